The molecule has 4 bridgehead atoms. The van der Waals surface area contributed by atoms with E-state index in [4.69, 9.17) is 0 Å². The molecular formula is C14H20N2. The molecule has 0 amide bonds. The van der Waals surface area contributed by atoms with Gasteiger partial charge in [-0.2, -0.15) is 5.10 Å². The topological polar surface area (TPSA) is 17.8 Å². The maximum absolute atomic E-state index is 4.62. The van der Waals surface area contributed by atoms with Crippen molar-refractivity contribution in [3.05, 3.63) is 18.0 Å². The molecule has 2 nitrogen and oxygen atoms in total. The Hall–Kier alpha value is -0.790. The highest BCUT2D eigenvalue weighted by atomic mass is 15.3. The highest BCUT2D eigenvalue weighted by molar-refractivity contribution is 5.09. The highest BCUT2D eigenvalue weighted by Gasteiger charge is 2.52. The van der Waals surface area contributed by atoms with Gasteiger partial charge in [-0.3, -0.25) is 4.68 Å². The lowest BCUT2D eigenvalue weighted by molar-refractivity contribution is -0.0503. The van der Waals surface area contributed by atoms with Crippen LogP contribution in [0.4, 0.5) is 0 Å². The second-order valence-corrected chi connectivity index (χ2v) is 6.53. The monoisotopic (exact) mass is 216 g/mol. The molecule has 0 radical (unpaired) electrons. The summed E-state index contributed by atoms with van der Waals surface area (Å²) in [4.78, 5) is 0. The van der Waals surface area contributed by atoms with Gasteiger partial charge in [0, 0.05) is 11.9 Å². The molecule has 4 aliphatic carbocycles. The average Bonchev–Trinajstić information content (AvgIpc) is 2.62. The van der Waals surface area contributed by atoms with Crippen LogP contribution in [-0.2, 0) is 5.54 Å². The Morgan fingerprint density at radius 2 is 1.69 bits per heavy atom. The Kier molecular flexibility index (Phi) is 1.68. The lowest BCUT2D eigenvalue weighted by Gasteiger charge is -2.56. The first-order valence-electron chi connectivity index (χ1n) is 6.76. The predicted molar refractivity (Wildman–Crippen MR) is 63.1 cm³/mol. The van der Waals surface area contributed by atoms with E-state index < -0.39 is 0 Å². The molecule has 1 aromatic rings. The zero-order valence-electron chi connectivity index (χ0n) is 10.0. The summed E-state index contributed by atoms with van der Waals surface area (Å²) >= 11 is 0. The lowest BCUT2D eigenvalue weighted by atomic mass is 9.53. The Morgan fingerprint density at radius 3 is 2.12 bits per heavy atom. The molecule has 0 spiro atoms. The van der Waals surface area contributed by atoms with E-state index in [0.29, 0.717) is 5.54 Å². The van der Waals surface area contributed by atoms with Gasteiger partial charge in [0.15, 0.2) is 0 Å². The van der Waals surface area contributed by atoms with Crippen LogP contribution in [0.1, 0.15) is 44.2 Å². The fourth-order valence-corrected chi connectivity index (χ4v) is 5.19. The van der Waals surface area contributed by atoms with E-state index in [-0.39, 0.29) is 0 Å². The number of hydrogen-bond acceptors (Lipinski definition) is 1. The quantitative estimate of drug-likeness (QED) is 0.705. The van der Waals surface area contributed by atoms with Gasteiger partial charge in [0.2, 0.25) is 0 Å². The lowest BCUT2D eigenvalue weighted by Crippen LogP contribution is -2.52. The molecule has 0 saturated heterocycles. The molecule has 4 fully saturated rings. The normalized spacial score (nSPS) is 45.2. The van der Waals surface area contributed by atoms with Crippen molar-refractivity contribution in [1.82, 2.24) is 9.78 Å². The van der Waals surface area contributed by atoms with Gasteiger partial charge in [0.05, 0.1) is 5.54 Å². The smallest absolute Gasteiger partial charge is 0.0638 e. The Labute approximate surface area is 97.0 Å². The summed E-state index contributed by atoms with van der Waals surface area (Å²) in [5.74, 6) is 3.03. The molecule has 1 heterocycles. The van der Waals surface area contributed by atoms with E-state index in [1.54, 1.807) is 0 Å². The standard InChI is InChI=1S/C14H20N2/c1-10-2-3-15-16(10)14-7-11-4-12(8-14)6-13(5-11)9-14/h2-3,11-13H,4-9H2,1H3. The Morgan fingerprint density at radius 1 is 1.12 bits per heavy atom. The molecule has 5 rings (SSSR count). The van der Waals surface area contributed by atoms with Crippen molar-refractivity contribution in [3.8, 4) is 0 Å². The zero-order valence-corrected chi connectivity index (χ0v) is 10.0. The predicted octanol–water partition coefficient (Wildman–Crippen LogP) is 3.12. The van der Waals surface area contributed by atoms with E-state index in [1.807, 2.05) is 6.20 Å². The number of rotatable bonds is 1. The number of hydrogen-bond donors (Lipinski definition) is 0. The number of nitrogens with zero attached hydrogens (tertiary/aromatic N) is 2. The molecule has 0 unspecified atom stereocenters. The van der Waals surface area contributed by atoms with Crippen molar-refractivity contribution in [3.63, 3.8) is 0 Å². The molecule has 4 aliphatic rings. The van der Waals surface area contributed by atoms with Gasteiger partial charge < -0.3 is 0 Å². The third-order valence-corrected chi connectivity index (χ3v) is 5.29. The summed E-state index contributed by atoms with van der Waals surface area (Å²) < 4.78 is 2.37. The minimum absolute atomic E-state index is 0.419. The van der Waals surface area contributed by atoms with Crippen LogP contribution in [0, 0.1) is 24.7 Å². The van der Waals surface area contributed by atoms with Crippen LogP contribution in [0.3, 0.4) is 0 Å². The van der Waals surface area contributed by atoms with Crippen molar-refractivity contribution in [2.75, 3.05) is 0 Å². The molecular weight excluding hydrogens is 196 g/mol. The summed E-state index contributed by atoms with van der Waals surface area (Å²) in [5, 5.41) is 4.62. The fraction of sp³-hybridized carbons (Fsp3) is 0.786. The molecule has 2 heteroatoms. The summed E-state index contributed by atoms with van der Waals surface area (Å²) in [6.45, 7) is 2.21. The van der Waals surface area contributed by atoms with Crippen LogP contribution < -0.4 is 0 Å². The molecule has 16 heavy (non-hydrogen) atoms. The van der Waals surface area contributed by atoms with Crippen molar-refractivity contribution in [2.45, 2.75) is 51.0 Å². The minimum atomic E-state index is 0.419. The maximum atomic E-state index is 4.62. The first-order chi connectivity index (χ1) is 7.75. The van der Waals surface area contributed by atoms with Crippen LogP contribution in [0.5, 0.6) is 0 Å². The van der Waals surface area contributed by atoms with Gasteiger partial charge >= 0.3 is 0 Å². The van der Waals surface area contributed by atoms with Crippen molar-refractivity contribution in [2.24, 2.45) is 17.8 Å². The maximum Gasteiger partial charge on any atom is 0.0638 e. The van der Waals surface area contributed by atoms with Crippen molar-refractivity contribution < 1.29 is 0 Å². The van der Waals surface area contributed by atoms with Gasteiger partial charge in [-0.15, -0.1) is 0 Å². The van der Waals surface area contributed by atoms with E-state index in [2.05, 4.69) is 22.8 Å². The van der Waals surface area contributed by atoms with Crippen LogP contribution in [0.25, 0.3) is 0 Å². The summed E-state index contributed by atoms with van der Waals surface area (Å²) in [5.41, 5.74) is 1.78. The Bertz CT molecular complexity index is 383. The van der Waals surface area contributed by atoms with E-state index in [9.17, 15) is 0 Å². The Balaban J connectivity index is 1.79. The van der Waals surface area contributed by atoms with Gasteiger partial charge in [-0.05, 0) is 69.3 Å². The molecule has 0 aromatic carbocycles. The van der Waals surface area contributed by atoms with Gasteiger partial charge in [-0.1, -0.05) is 0 Å². The zero-order chi connectivity index (χ0) is 10.8. The molecule has 1 aromatic heterocycles. The van der Waals surface area contributed by atoms with Crippen LogP contribution >= 0.6 is 0 Å². The molecule has 0 N–H and O–H groups in total. The van der Waals surface area contributed by atoms with E-state index in [0.717, 1.165) is 17.8 Å². The van der Waals surface area contributed by atoms with Crippen LogP contribution in [0.2, 0.25) is 0 Å². The first-order valence-corrected chi connectivity index (χ1v) is 6.76. The van der Waals surface area contributed by atoms with E-state index >= 15 is 0 Å². The van der Waals surface area contributed by atoms with E-state index in [1.165, 1.54) is 44.2 Å². The van der Waals surface area contributed by atoms with Gasteiger partial charge in [0.1, 0.15) is 0 Å². The van der Waals surface area contributed by atoms with Crippen LogP contribution in [-0.4, -0.2) is 9.78 Å². The van der Waals surface area contributed by atoms with Gasteiger partial charge in [-0.25, -0.2) is 0 Å². The number of aromatic nitrogens is 2. The summed E-state index contributed by atoms with van der Waals surface area (Å²) in [7, 11) is 0. The highest BCUT2D eigenvalue weighted by Crippen LogP contribution is 2.58. The largest absolute Gasteiger partial charge is 0.264 e. The second-order valence-electron chi connectivity index (χ2n) is 6.53. The molecule has 0 aliphatic heterocycles. The summed E-state index contributed by atoms with van der Waals surface area (Å²) in [6.07, 6.45) is 10.7. The second kappa shape index (κ2) is 2.91. The molecule has 0 atom stereocenters. The fourth-order valence-electron chi connectivity index (χ4n) is 5.19. The summed E-state index contributed by atoms with van der Waals surface area (Å²) in [6, 6.07) is 2.17. The third kappa shape index (κ3) is 1.11. The SMILES string of the molecule is Cc1ccnn1C12CC3CC(CC(C3)C1)C2. The average molecular weight is 216 g/mol. The molecule has 4 saturated carbocycles. The van der Waals surface area contributed by atoms with Gasteiger partial charge in [0.25, 0.3) is 0 Å². The van der Waals surface area contributed by atoms with Crippen LogP contribution in [0.15, 0.2) is 12.3 Å². The first kappa shape index (κ1) is 9.26. The van der Waals surface area contributed by atoms with Crippen molar-refractivity contribution in [1.29, 1.82) is 0 Å². The minimum Gasteiger partial charge on any atom is -0.264 e. The number of aryl methyl sites for hydroxylation is 1. The molecule has 86 valence electrons. The van der Waals surface area contributed by atoms with Crippen molar-refractivity contribution >= 4 is 0 Å². The third-order valence-electron chi connectivity index (χ3n) is 5.29.